The number of hydrogen-bond donors (Lipinski definition) is 2. The zero-order valence-electron chi connectivity index (χ0n) is 6.52. The quantitative estimate of drug-likeness (QED) is 0.408. The first-order valence-corrected chi connectivity index (χ1v) is 5.57. The third-order valence-corrected chi connectivity index (χ3v) is 4.02. The normalized spacial score (nSPS) is 56.9. The molecule has 0 aromatic carbocycles. The molecule has 12 heavy (non-hydrogen) atoms. The summed E-state index contributed by atoms with van der Waals surface area (Å²) in [4.78, 5) is 0. The minimum atomic E-state index is -3.32. The van der Waals surface area contributed by atoms with Gasteiger partial charge in [0.2, 0.25) is 10.8 Å². The van der Waals surface area contributed by atoms with Crippen LogP contribution in [0.5, 0.6) is 0 Å². The number of thiol groups is 1. The summed E-state index contributed by atoms with van der Waals surface area (Å²) in [7, 11) is -3.32. The lowest BCUT2D eigenvalue weighted by molar-refractivity contribution is -0.194. The summed E-state index contributed by atoms with van der Waals surface area (Å²) in [5, 5.41) is -1.38. The van der Waals surface area contributed by atoms with E-state index in [0.29, 0.717) is 6.42 Å². The number of phosphoric acid groups is 1. The van der Waals surface area contributed by atoms with Crippen molar-refractivity contribution in [1.29, 1.82) is 0 Å². The molecular formula is C5H10NO4PS. The first-order valence-electron chi connectivity index (χ1n) is 3.67. The summed E-state index contributed by atoms with van der Waals surface area (Å²) in [6.07, 6.45) is 1.32. The molecule has 0 radical (unpaired) electrons. The standard InChI is InChI=1S/C5H10NO4PS/c1-2-3-4-5(6,12)10-11(7,8-4)9-4/h12H,2-3,6H2,1H3. The Morgan fingerprint density at radius 1 is 1.50 bits per heavy atom. The summed E-state index contributed by atoms with van der Waals surface area (Å²) >= 11 is 3.99. The lowest BCUT2D eigenvalue weighted by Gasteiger charge is -2.37. The van der Waals surface area contributed by atoms with Crippen LogP contribution in [-0.2, 0) is 18.1 Å². The molecule has 70 valence electrons. The predicted octanol–water partition coefficient (Wildman–Crippen LogP) is 1.21. The highest BCUT2D eigenvalue weighted by Gasteiger charge is 2.76. The molecule has 3 heterocycles. The van der Waals surface area contributed by atoms with Crippen molar-refractivity contribution in [2.75, 3.05) is 0 Å². The van der Waals surface area contributed by atoms with Gasteiger partial charge >= 0.3 is 7.82 Å². The van der Waals surface area contributed by atoms with Gasteiger partial charge in [0.05, 0.1) is 0 Å². The van der Waals surface area contributed by atoms with Crippen LogP contribution in [0.2, 0.25) is 0 Å². The van der Waals surface area contributed by atoms with Gasteiger partial charge in [0, 0.05) is 6.42 Å². The van der Waals surface area contributed by atoms with Crippen LogP contribution >= 0.6 is 20.5 Å². The van der Waals surface area contributed by atoms with E-state index in [4.69, 9.17) is 19.3 Å². The summed E-state index contributed by atoms with van der Waals surface area (Å²) in [6.45, 7) is 1.94. The smallest absolute Gasteiger partial charge is 0.290 e. The molecule has 3 rings (SSSR count). The topological polar surface area (TPSA) is 70.8 Å². The summed E-state index contributed by atoms with van der Waals surface area (Å²) < 4.78 is 26.0. The maximum Gasteiger partial charge on any atom is 0.482 e. The zero-order chi connectivity index (χ0) is 9.04. The van der Waals surface area contributed by atoms with E-state index in [1.807, 2.05) is 6.92 Å². The van der Waals surface area contributed by atoms with Gasteiger partial charge in [0.25, 0.3) is 0 Å². The summed E-state index contributed by atoms with van der Waals surface area (Å²) in [6, 6.07) is 0. The fourth-order valence-corrected chi connectivity index (χ4v) is 3.77. The SMILES string of the molecule is CCCC12OP(=O)(OC1(N)S)O2. The summed E-state index contributed by atoms with van der Waals surface area (Å²) in [5.74, 6) is -1.10. The van der Waals surface area contributed by atoms with Crippen LogP contribution in [0.4, 0.5) is 0 Å². The molecule has 3 aliphatic rings. The highest BCUT2D eigenvalue weighted by atomic mass is 32.1. The van der Waals surface area contributed by atoms with E-state index in [1.54, 1.807) is 0 Å². The highest BCUT2D eigenvalue weighted by molar-refractivity contribution is 7.82. The molecule has 1 atom stereocenters. The predicted molar refractivity (Wildman–Crippen MR) is 44.4 cm³/mol. The van der Waals surface area contributed by atoms with Crippen molar-refractivity contribution >= 4 is 20.5 Å². The molecule has 0 aromatic rings. The van der Waals surface area contributed by atoms with Crippen molar-refractivity contribution in [3.05, 3.63) is 0 Å². The minimum Gasteiger partial charge on any atom is -0.290 e. The minimum absolute atomic E-state index is 0.525. The number of phosphoric ester groups is 1. The van der Waals surface area contributed by atoms with Gasteiger partial charge in [-0.05, 0) is 0 Å². The van der Waals surface area contributed by atoms with Gasteiger partial charge in [0.1, 0.15) is 0 Å². The maximum absolute atomic E-state index is 11.2. The first kappa shape index (κ1) is 8.99. The van der Waals surface area contributed by atoms with Gasteiger partial charge in [0.15, 0.2) is 0 Å². The van der Waals surface area contributed by atoms with E-state index >= 15 is 0 Å². The van der Waals surface area contributed by atoms with Gasteiger partial charge in [-0.25, -0.2) is 18.1 Å². The van der Waals surface area contributed by atoms with Crippen molar-refractivity contribution in [3.63, 3.8) is 0 Å². The average molecular weight is 211 g/mol. The molecule has 1 unspecified atom stereocenters. The van der Waals surface area contributed by atoms with Crippen molar-refractivity contribution < 1.29 is 18.1 Å². The molecule has 3 aliphatic heterocycles. The van der Waals surface area contributed by atoms with E-state index in [2.05, 4.69) is 12.6 Å². The Hall–Kier alpha value is 0.420. The van der Waals surface area contributed by atoms with Crippen molar-refractivity contribution in [2.45, 2.75) is 30.6 Å². The number of fused-ring (bicyclic) bond motifs is 1. The van der Waals surface area contributed by atoms with E-state index < -0.39 is 18.7 Å². The Labute approximate surface area is 75.6 Å². The van der Waals surface area contributed by atoms with E-state index in [1.165, 1.54) is 0 Å². The Morgan fingerprint density at radius 2 is 2.08 bits per heavy atom. The Bertz CT molecular complexity index is 258. The molecule has 0 spiro atoms. The lowest BCUT2D eigenvalue weighted by Crippen LogP contribution is -2.55. The van der Waals surface area contributed by atoms with Gasteiger partial charge in [-0.3, -0.25) is 5.73 Å². The Morgan fingerprint density at radius 3 is 2.42 bits per heavy atom. The Kier molecular flexibility index (Phi) is 1.69. The first-order chi connectivity index (χ1) is 5.43. The van der Waals surface area contributed by atoms with Crippen molar-refractivity contribution in [2.24, 2.45) is 5.73 Å². The maximum atomic E-state index is 11.2. The molecule has 0 saturated carbocycles. The fourth-order valence-electron chi connectivity index (χ4n) is 1.38. The molecule has 3 fully saturated rings. The van der Waals surface area contributed by atoms with Gasteiger partial charge in [-0.15, -0.1) is 12.6 Å². The van der Waals surface area contributed by atoms with Crippen LogP contribution in [0.1, 0.15) is 19.8 Å². The van der Waals surface area contributed by atoms with E-state index in [0.717, 1.165) is 6.42 Å². The number of rotatable bonds is 2. The second kappa shape index (κ2) is 2.26. The second-order valence-corrected chi connectivity index (χ2v) is 5.03. The second-order valence-electron chi connectivity index (χ2n) is 2.92. The molecule has 3 saturated heterocycles. The molecule has 0 amide bonds. The molecule has 0 aromatic heterocycles. The molecular weight excluding hydrogens is 201 g/mol. The van der Waals surface area contributed by atoms with Gasteiger partial charge in [-0.2, -0.15) is 0 Å². The van der Waals surface area contributed by atoms with E-state index in [-0.39, 0.29) is 0 Å². The third-order valence-electron chi connectivity index (χ3n) is 1.89. The molecule has 5 nitrogen and oxygen atoms in total. The van der Waals surface area contributed by atoms with Crippen LogP contribution in [-0.4, -0.2) is 10.8 Å². The van der Waals surface area contributed by atoms with Crippen LogP contribution in [0, 0.1) is 0 Å². The zero-order valence-corrected chi connectivity index (χ0v) is 8.31. The average Bonchev–Trinajstić information content (AvgIpc) is 2.09. The molecule has 7 heteroatoms. The van der Waals surface area contributed by atoms with Crippen molar-refractivity contribution in [1.82, 2.24) is 0 Å². The van der Waals surface area contributed by atoms with Gasteiger partial charge < -0.3 is 0 Å². The Balaban J connectivity index is 2.25. The van der Waals surface area contributed by atoms with Gasteiger partial charge in [-0.1, -0.05) is 13.3 Å². The molecule has 2 bridgehead atoms. The lowest BCUT2D eigenvalue weighted by atomic mass is 10.1. The highest BCUT2D eigenvalue weighted by Crippen LogP contribution is 2.78. The van der Waals surface area contributed by atoms with Crippen molar-refractivity contribution in [3.8, 4) is 0 Å². The molecule has 0 aliphatic carbocycles. The number of hydrogen-bond acceptors (Lipinski definition) is 6. The largest absolute Gasteiger partial charge is 0.482 e. The van der Waals surface area contributed by atoms with Crippen LogP contribution in [0.15, 0.2) is 0 Å². The fraction of sp³-hybridized carbons (Fsp3) is 1.00. The third kappa shape index (κ3) is 0.937. The monoisotopic (exact) mass is 211 g/mol. The van der Waals surface area contributed by atoms with Crippen LogP contribution in [0.25, 0.3) is 0 Å². The summed E-state index contributed by atoms with van der Waals surface area (Å²) in [5.41, 5.74) is 5.59. The van der Waals surface area contributed by atoms with Crippen LogP contribution < -0.4 is 5.73 Å². The van der Waals surface area contributed by atoms with Crippen LogP contribution in [0.3, 0.4) is 0 Å². The number of nitrogens with two attached hydrogens (primary N) is 1. The van der Waals surface area contributed by atoms with E-state index in [9.17, 15) is 4.57 Å². The molecule has 2 N–H and O–H groups in total.